The molecule has 0 fully saturated rings. The van der Waals surface area contributed by atoms with E-state index < -0.39 is 5.97 Å². The van der Waals surface area contributed by atoms with E-state index in [9.17, 15) is 4.79 Å². The minimum Gasteiger partial charge on any atom is -0.461 e. The topological polar surface area (TPSA) is 64.1 Å². The molecular formula is C16H17N3O2. The molecule has 0 spiro atoms. The molecule has 0 bridgehead atoms. The van der Waals surface area contributed by atoms with Gasteiger partial charge < -0.3 is 10.1 Å². The molecule has 0 atom stereocenters. The van der Waals surface area contributed by atoms with Gasteiger partial charge in [0.1, 0.15) is 5.70 Å². The van der Waals surface area contributed by atoms with Gasteiger partial charge in [0.15, 0.2) is 0 Å². The molecule has 0 saturated carbocycles. The monoisotopic (exact) mass is 283 g/mol. The second kappa shape index (κ2) is 7.79. The highest BCUT2D eigenvalue weighted by Crippen LogP contribution is 2.05. The quantitative estimate of drug-likeness (QED) is 0.650. The van der Waals surface area contributed by atoms with Crippen molar-refractivity contribution in [2.24, 2.45) is 0 Å². The Balaban J connectivity index is 2.13. The highest BCUT2D eigenvalue weighted by molar-refractivity contribution is 5.92. The van der Waals surface area contributed by atoms with Crippen molar-refractivity contribution in [3.63, 3.8) is 0 Å². The summed E-state index contributed by atoms with van der Waals surface area (Å²) in [4.78, 5) is 20.1. The summed E-state index contributed by atoms with van der Waals surface area (Å²) in [5, 5.41) is 3.09. The fraction of sp³-hybridized carbons (Fsp3) is 0.188. The molecule has 0 aliphatic carbocycles. The maximum atomic E-state index is 12.0. The zero-order valence-electron chi connectivity index (χ0n) is 11.8. The van der Waals surface area contributed by atoms with Gasteiger partial charge in [0, 0.05) is 18.9 Å². The van der Waals surface area contributed by atoms with Gasteiger partial charge in [-0.05, 0) is 18.6 Å². The molecule has 0 saturated heterocycles. The minimum absolute atomic E-state index is 0.323. The number of carbonyl (C=O) groups excluding carboxylic acids is 1. The number of esters is 1. The molecule has 1 aromatic heterocycles. The summed E-state index contributed by atoms with van der Waals surface area (Å²) in [7, 11) is 0. The number of rotatable bonds is 6. The van der Waals surface area contributed by atoms with Gasteiger partial charge in [-0.15, -0.1) is 0 Å². The van der Waals surface area contributed by atoms with Crippen molar-refractivity contribution in [2.45, 2.75) is 13.5 Å². The Morgan fingerprint density at radius 2 is 2.10 bits per heavy atom. The summed E-state index contributed by atoms with van der Waals surface area (Å²) in [5.41, 5.74) is 2.04. The van der Waals surface area contributed by atoms with Crippen LogP contribution in [0, 0.1) is 0 Å². The smallest absolute Gasteiger partial charge is 0.354 e. The molecule has 0 aliphatic heterocycles. The van der Waals surface area contributed by atoms with Crippen molar-refractivity contribution in [3.8, 4) is 0 Å². The number of benzene rings is 1. The van der Waals surface area contributed by atoms with Crippen molar-refractivity contribution in [1.29, 1.82) is 0 Å². The van der Waals surface area contributed by atoms with Crippen LogP contribution in [0.5, 0.6) is 0 Å². The Morgan fingerprint density at radius 3 is 2.76 bits per heavy atom. The van der Waals surface area contributed by atoms with Crippen molar-refractivity contribution >= 4 is 12.0 Å². The molecule has 0 unspecified atom stereocenters. The molecule has 2 rings (SSSR count). The van der Waals surface area contributed by atoms with E-state index in [1.54, 1.807) is 31.6 Å². The van der Waals surface area contributed by atoms with Crippen LogP contribution in [0.25, 0.3) is 6.08 Å². The molecule has 0 radical (unpaired) electrons. The molecule has 5 heteroatoms. The molecule has 0 amide bonds. The fourth-order valence-corrected chi connectivity index (χ4v) is 1.72. The van der Waals surface area contributed by atoms with E-state index in [1.807, 2.05) is 30.3 Å². The lowest BCUT2D eigenvalue weighted by atomic mass is 10.2. The maximum absolute atomic E-state index is 12.0. The Kier molecular flexibility index (Phi) is 5.46. The lowest BCUT2D eigenvalue weighted by Gasteiger charge is -2.10. The predicted octanol–water partition coefficient (Wildman–Crippen LogP) is 2.17. The first-order valence-corrected chi connectivity index (χ1v) is 6.72. The van der Waals surface area contributed by atoms with Crippen LogP contribution in [0.3, 0.4) is 0 Å². The van der Waals surface area contributed by atoms with Crippen molar-refractivity contribution in [2.75, 3.05) is 6.61 Å². The number of nitrogens with zero attached hydrogens (tertiary/aromatic N) is 2. The first-order chi connectivity index (χ1) is 10.3. The van der Waals surface area contributed by atoms with Crippen LogP contribution in [-0.4, -0.2) is 22.5 Å². The van der Waals surface area contributed by atoms with Crippen LogP contribution in [0.4, 0.5) is 0 Å². The van der Waals surface area contributed by atoms with E-state index in [2.05, 4.69) is 15.3 Å². The van der Waals surface area contributed by atoms with Crippen LogP contribution in [-0.2, 0) is 16.1 Å². The largest absolute Gasteiger partial charge is 0.461 e. The average Bonchev–Trinajstić information content (AvgIpc) is 2.53. The normalized spacial score (nSPS) is 11.0. The first-order valence-electron chi connectivity index (χ1n) is 6.72. The van der Waals surface area contributed by atoms with Gasteiger partial charge in [-0.1, -0.05) is 30.3 Å². The standard InChI is InChI=1S/C16H17N3O2/c1-2-21-16(20)15(10-14-12-17-8-9-18-14)19-11-13-6-4-3-5-7-13/h3-10,12,19H,2,11H2,1H3/b15-10+. The molecule has 1 aromatic carbocycles. The highest BCUT2D eigenvalue weighted by atomic mass is 16.5. The third-order valence-corrected chi connectivity index (χ3v) is 2.70. The summed E-state index contributed by atoms with van der Waals surface area (Å²) in [6, 6.07) is 9.82. The summed E-state index contributed by atoms with van der Waals surface area (Å²) in [6.45, 7) is 2.63. The van der Waals surface area contributed by atoms with E-state index in [-0.39, 0.29) is 0 Å². The number of carbonyl (C=O) groups is 1. The zero-order valence-corrected chi connectivity index (χ0v) is 11.8. The molecule has 2 aromatic rings. The second-order valence-electron chi connectivity index (χ2n) is 4.25. The first kappa shape index (κ1) is 14.7. The molecule has 5 nitrogen and oxygen atoms in total. The number of aromatic nitrogens is 2. The number of hydrogen-bond acceptors (Lipinski definition) is 5. The number of hydrogen-bond donors (Lipinski definition) is 1. The summed E-state index contributed by atoms with van der Waals surface area (Å²) in [6.07, 6.45) is 6.38. The molecular weight excluding hydrogens is 266 g/mol. The Morgan fingerprint density at radius 1 is 1.29 bits per heavy atom. The minimum atomic E-state index is -0.404. The third kappa shape index (κ3) is 4.72. The highest BCUT2D eigenvalue weighted by Gasteiger charge is 2.10. The lowest BCUT2D eigenvalue weighted by molar-refractivity contribution is -0.138. The van der Waals surface area contributed by atoms with Gasteiger partial charge in [0.05, 0.1) is 18.5 Å². The SMILES string of the molecule is CCOC(=O)/C(=C\c1cnccn1)NCc1ccccc1. The predicted molar refractivity (Wildman–Crippen MR) is 79.9 cm³/mol. The Bertz CT molecular complexity index is 597. The zero-order chi connectivity index (χ0) is 14.9. The number of nitrogens with one attached hydrogen (secondary N) is 1. The van der Waals surface area contributed by atoms with Gasteiger partial charge in [-0.25, -0.2) is 4.79 Å². The summed E-state index contributed by atoms with van der Waals surface area (Å²) >= 11 is 0. The number of ether oxygens (including phenoxy) is 1. The molecule has 108 valence electrons. The van der Waals surface area contributed by atoms with Gasteiger partial charge in [-0.3, -0.25) is 9.97 Å². The molecule has 1 N–H and O–H groups in total. The summed E-state index contributed by atoms with van der Waals surface area (Å²) < 4.78 is 5.05. The van der Waals surface area contributed by atoms with Crippen LogP contribution in [0.1, 0.15) is 18.2 Å². The molecule has 0 aliphatic rings. The molecule has 1 heterocycles. The van der Waals surface area contributed by atoms with E-state index in [4.69, 9.17) is 4.74 Å². The second-order valence-corrected chi connectivity index (χ2v) is 4.25. The third-order valence-electron chi connectivity index (χ3n) is 2.70. The van der Waals surface area contributed by atoms with Crippen LogP contribution >= 0.6 is 0 Å². The van der Waals surface area contributed by atoms with Gasteiger partial charge in [0.2, 0.25) is 0 Å². The van der Waals surface area contributed by atoms with Crippen molar-refractivity contribution in [3.05, 3.63) is 65.9 Å². The molecule has 21 heavy (non-hydrogen) atoms. The van der Waals surface area contributed by atoms with E-state index in [0.717, 1.165) is 5.56 Å². The van der Waals surface area contributed by atoms with E-state index in [0.29, 0.717) is 24.5 Å². The Hall–Kier alpha value is -2.69. The van der Waals surface area contributed by atoms with Crippen LogP contribution in [0.15, 0.2) is 54.6 Å². The Labute approximate surface area is 123 Å². The van der Waals surface area contributed by atoms with E-state index in [1.165, 1.54) is 0 Å². The average molecular weight is 283 g/mol. The van der Waals surface area contributed by atoms with Gasteiger partial charge in [-0.2, -0.15) is 0 Å². The van der Waals surface area contributed by atoms with E-state index >= 15 is 0 Å². The summed E-state index contributed by atoms with van der Waals surface area (Å²) in [5.74, 6) is -0.404. The van der Waals surface area contributed by atoms with Crippen LogP contribution in [0.2, 0.25) is 0 Å². The van der Waals surface area contributed by atoms with Crippen LogP contribution < -0.4 is 5.32 Å². The van der Waals surface area contributed by atoms with Gasteiger partial charge in [0.25, 0.3) is 0 Å². The lowest BCUT2D eigenvalue weighted by Crippen LogP contribution is -2.22. The maximum Gasteiger partial charge on any atom is 0.354 e. The van der Waals surface area contributed by atoms with Crippen molar-refractivity contribution < 1.29 is 9.53 Å². The van der Waals surface area contributed by atoms with Gasteiger partial charge >= 0.3 is 5.97 Å². The fourth-order valence-electron chi connectivity index (χ4n) is 1.72. The van der Waals surface area contributed by atoms with Crippen molar-refractivity contribution in [1.82, 2.24) is 15.3 Å².